The first kappa shape index (κ1) is 13.4. The molecule has 0 aromatic heterocycles. The minimum absolute atomic E-state index is 0.0659. The Morgan fingerprint density at radius 1 is 1.00 bits per heavy atom. The average molecular weight is 268 g/mol. The molecular weight excluding hydrogens is 257 g/mol. The van der Waals surface area contributed by atoms with Crippen LogP contribution >= 0.6 is 0 Å². The molecule has 0 aliphatic heterocycles. The summed E-state index contributed by atoms with van der Waals surface area (Å²) in [5.41, 5.74) is -0.571. The van der Waals surface area contributed by atoms with E-state index in [9.17, 15) is 18.3 Å². The zero-order valence-electron chi connectivity index (χ0n) is 10.0. The number of hydrogen-bond donors (Lipinski definition) is 1. The van der Waals surface area contributed by atoms with Gasteiger partial charge < -0.3 is 9.84 Å². The lowest BCUT2D eigenvalue weighted by Gasteiger charge is -2.16. The smallest absolute Gasteiger partial charge is 0.164 e. The molecule has 19 heavy (non-hydrogen) atoms. The van der Waals surface area contributed by atoms with Gasteiger partial charge in [0, 0.05) is 5.56 Å². The predicted molar refractivity (Wildman–Crippen MR) is 63.4 cm³/mol. The third-order valence-electron chi connectivity index (χ3n) is 2.78. The monoisotopic (exact) mass is 268 g/mol. The first-order valence-corrected chi connectivity index (χ1v) is 5.50. The van der Waals surface area contributed by atoms with Gasteiger partial charge >= 0.3 is 0 Å². The van der Waals surface area contributed by atoms with E-state index >= 15 is 0 Å². The van der Waals surface area contributed by atoms with Crippen LogP contribution in [0.2, 0.25) is 0 Å². The molecule has 0 fully saturated rings. The first-order valence-electron chi connectivity index (χ1n) is 5.50. The first-order chi connectivity index (χ1) is 9.06. The quantitative estimate of drug-likeness (QED) is 0.926. The summed E-state index contributed by atoms with van der Waals surface area (Å²) in [6, 6.07) is 7.28. The Bertz CT molecular complexity index is 599. The van der Waals surface area contributed by atoms with Crippen LogP contribution in [-0.2, 0) is 0 Å². The maximum atomic E-state index is 13.7. The van der Waals surface area contributed by atoms with Crippen LogP contribution in [0.25, 0.3) is 0 Å². The van der Waals surface area contributed by atoms with E-state index in [4.69, 9.17) is 4.74 Å². The molecule has 1 atom stereocenters. The number of methoxy groups -OCH3 is 1. The second-order valence-corrected chi connectivity index (χ2v) is 3.90. The van der Waals surface area contributed by atoms with Crippen molar-refractivity contribution in [3.8, 4) is 5.75 Å². The SMILES string of the molecule is COc1cccc(F)c1C(O)c1cccc(F)c1F. The van der Waals surface area contributed by atoms with Gasteiger partial charge in [-0.25, -0.2) is 13.2 Å². The highest BCUT2D eigenvalue weighted by Crippen LogP contribution is 2.33. The Kier molecular flexibility index (Phi) is 3.76. The van der Waals surface area contributed by atoms with Gasteiger partial charge in [-0.2, -0.15) is 0 Å². The highest BCUT2D eigenvalue weighted by atomic mass is 19.2. The van der Waals surface area contributed by atoms with Crippen LogP contribution in [0.4, 0.5) is 13.2 Å². The minimum Gasteiger partial charge on any atom is -0.496 e. The Hall–Kier alpha value is -2.01. The van der Waals surface area contributed by atoms with Crippen molar-refractivity contribution in [1.29, 1.82) is 0 Å². The number of hydrogen-bond acceptors (Lipinski definition) is 2. The Morgan fingerprint density at radius 3 is 2.32 bits per heavy atom. The van der Waals surface area contributed by atoms with E-state index in [2.05, 4.69) is 0 Å². The molecular formula is C14H11F3O2. The standard InChI is InChI=1S/C14H11F3O2/c1-19-11-7-3-5-9(15)12(11)14(18)8-4-2-6-10(16)13(8)17/h2-7,14,18H,1H3. The van der Waals surface area contributed by atoms with Crippen molar-refractivity contribution in [3.05, 3.63) is 65.0 Å². The lowest BCUT2D eigenvalue weighted by molar-refractivity contribution is 0.202. The van der Waals surface area contributed by atoms with Crippen molar-refractivity contribution in [2.45, 2.75) is 6.10 Å². The predicted octanol–water partition coefficient (Wildman–Crippen LogP) is 3.19. The van der Waals surface area contributed by atoms with Crippen LogP contribution in [0.5, 0.6) is 5.75 Å². The summed E-state index contributed by atoms with van der Waals surface area (Å²) < 4.78 is 45.4. The van der Waals surface area contributed by atoms with Gasteiger partial charge in [-0.05, 0) is 18.2 Å². The largest absolute Gasteiger partial charge is 0.496 e. The molecule has 0 aliphatic carbocycles. The molecule has 2 nitrogen and oxygen atoms in total. The highest BCUT2D eigenvalue weighted by Gasteiger charge is 2.23. The lowest BCUT2D eigenvalue weighted by Crippen LogP contribution is -2.08. The molecule has 1 N–H and O–H groups in total. The zero-order chi connectivity index (χ0) is 14.0. The molecule has 0 aliphatic rings. The number of benzene rings is 2. The average Bonchev–Trinajstić information content (AvgIpc) is 2.40. The number of rotatable bonds is 3. The molecule has 0 spiro atoms. The second-order valence-electron chi connectivity index (χ2n) is 3.90. The van der Waals surface area contributed by atoms with Gasteiger partial charge in [-0.3, -0.25) is 0 Å². The summed E-state index contributed by atoms with van der Waals surface area (Å²) >= 11 is 0. The molecule has 2 aromatic carbocycles. The van der Waals surface area contributed by atoms with E-state index in [0.717, 1.165) is 12.1 Å². The summed E-state index contributed by atoms with van der Waals surface area (Å²) in [6.07, 6.45) is -1.65. The summed E-state index contributed by atoms with van der Waals surface area (Å²) in [5, 5.41) is 10.1. The minimum atomic E-state index is -1.65. The van der Waals surface area contributed by atoms with Crippen molar-refractivity contribution < 1.29 is 23.0 Å². The fourth-order valence-electron chi connectivity index (χ4n) is 1.85. The van der Waals surface area contributed by atoms with Crippen molar-refractivity contribution in [2.75, 3.05) is 7.11 Å². The summed E-state index contributed by atoms with van der Waals surface area (Å²) in [5.74, 6) is -3.00. The molecule has 0 radical (unpaired) electrons. The highest BCUT2D eigenvalue weighted by molar-refractivity contribution is 5.41. The Balaban J connectivity index is 2.56. The third kappa shape index (κ3) is 2.42. The van der Waals surface area contributed by atoms with Crippen LogP contribution in [0, 0.1) is 17.5 Å². The molecule has 0 amide bonds. The number of halogens is 3. The van der Waals surface area contributed by atoms with Crippen molar-refractivity contribution in [2.24, 2.45) is 0 Å². The molecule has 2 aromatic rings. The van der Waals surface area contributed by atoms with Crippen LogP contribution in [0.3, 0.4) is 0 Å². The topological polar surface area (TPSA) is 29.5 Å². The molecule has 5 heteroatoms. The normalized spacial score (nSPS) is 12.3. The van der Waals surface area contributed by atoms with Crippen LogP contribution in [-0.4, -0.2) is 12.2 Å². The van der Waals surface area contributed by atoms with Crippen LogP contribution in [0.1, 0.15) is 17.2 Å². The third-order valence-corrected chi connectivity index (χ3v) is 2.78. The molecule has 0 heterocycles. The molecule has 0 bridgehead atoms. The van der Waals surface area contributed by atoms with Crippen LogP contribution in [0.15, 0.2) is 36.4 Å². The molecule has 0 saturated carbocycles. The van der Waals surface area contributed by atoms with Gasteiger partial charge in [-0.1, -0.05) is 18.2 Å². The van der Waals surface area contributed by atoms with Gasteiger partial charge in [0.2, 0.25) is 0 Å². The van der Waals surface area contributed by atoms with Gasteiger partial charge in [-0.15, -0.1) is 0 Å². The fraction of sp³-hybridized carbons (Fsp3) is 0.143. The maximum absolute atomic E-state index is 13.7. The van der Waals surface area contributed by atoms with E-state index in [1.807, 2.05) is 0 Å². The van der Waals surface area contributed by atoms with E-state index in [0.29, 0.717) is 0 Å². The number of aliphatic hydroxyl groups excluding tert-OH is 1. The molecule has 100 valence electrons. The molecule has 0 saturated heterocycles. The Labute approximate surface area is 108 Å². The zero-order valence-corrected chi connectivity index (χ0v) is 10.0. The van der Waals surface area contributed by atoms with Gasteiger partial charge in [0.15, 0.2) is 11.6 Å². The van der Waals surface area contributed by atoms with Gasteiger partial charge in [0.25, 0.3) is 0 Å². The summed E-state index contributed by atoms with van der Waals surface area (Å²) in [7, 11) is 1.30. The fourth-order valence-corrected chi connectivity index (χ4v) is 1.85. The maximum Gasteiger partial charge on any atom is 0.164 e. The second kappa shape index (κ2) is 5.32. The molecule has 2 rings (SSSR count). The number of aliphatic hydroxyl groups is 1. The summed E-state index contributed by atoms with van der Waals surface area (Å²) in [6.45, 7) is 0. The van der Waals surface area contributed by atoms with E-state index in [-0.39, 0.29) is 16.9 Å². The van der Waals surface area contributed by atoms with Crippen molar-refractivity contribution >= 4 is 0 Å². The lowest BCUT2D eigenvalue weighted by atomic mass is 9.99. The molecule has 1 unspecified atom stereocenters. The van der Waals surface area contributed by atoms with E-state index in [1.165, 1.54) is 31.4 Å². The summed E-state index contributed by atoms with van der Waals surface area (Å²) in [4.78, 5) is 0. The van der Waals surface area contributed by atoms with Crippen LogP contribution < -0.4 is 4.74 Å². The van der Waals surface area contributed by atoms with Crippen molar-refractivity contribution in [3.63, 3.8) is 0 Å². The van der Waals surface area contributed by atoms with Gasteiger partial charge in [0.05, 0.1) is 12.7 Å². The van der Waals surface area contributed by atoms with Crippen molar-refractivity contribution in [1.82, 2.24) is 0 Å². The van der Waals surface area contributed by atoms with Gasteiger partial charge in [0.1, 0.15) is 17.7 Å². The Morgan fingerprint density at radius 2 is 1.63 bits per heavy atom. The van der Waals surface area contributed by atoms with E-state index in [1.54, 1.807) is 0 Å². The van der Waals surface area contributed by atoms with E-state index < -0.39 is 23.6 Å². The number of ether oxygens (including phenoxy) is 1.